The quantitative estimate of drug-likeness (QED) is 0.496. The van der Waals surface area contributed by atoms with Crippen molar-refractivity contribution in [1.29, 1.82) is 0 Å². The van der Waals surface area contributed by atoms with E-state index in [9.17, 15) is 19.5 Å². The van der Waals surface area contributed by atoms with Crippen LogP contribution in [0.3, 0.4) is 0 Å². The molecule has 2 amide bonds. The van der Waals surface area contributed by atoms with Gasteiger partial charge in [-0.15, -0.1) is 11.8 Å². The van der Waals surface area contributed by atoms with Gasteiger partial charge in [0.15, 0.2) is 0 Å². The highest BCUT2D eigenvalue weighted by molar-refractivity contribution is 8.00. The lowest BCUT2D eigenvalue weighted by Gasteiger charge is -2.43. The molecule has 2 aliphatic heterocycles. The van der Waals surface area contributed by atoms with Crippen LogP contribution in [0.2, 0.25) is 5.02 Å². The van der Waals surface area contributed by atoms with Crippen molar-refractivity contribution >= 4 is 52.2 Å². The number of H-pyrrole nitrogens is 1. The number of hydrogen-bond acceptors (Lipinski definition) is 6. The summed E-state index contributed by atoms with van der Waals surface area (Å²) >= 11 is 8.92. The fraction of sp³-hybridized carbons (Fsp3) is 0.320. The number of fused-ring (bicyclic) bond motifs is 9. The van der Waals surface area contributed by atoms with Crippen LogP contribution in [0.4, 0.5) is 5.69 Å². The minimum absolute atomic E-state index is 0.0470. The third-order valence-electron chi connectivity index (χ3n) is 8.06. The van der Waals surface area contributed by atoms with Crippen molar-refractivity contribution in [2.75, 3.05) is 4.90 Å². The number of rotatable bonds is 2. The van der Waals surface area contributed by atoms with E-state index < -0.39 is 0 Å². The first-order valence-electron chi connectivity index (χ1n) is 11.2. The molecule has 2 aliphatic carbocycles. The van der Waals surface area contributed by atoms with E-state index in [-0.39, 0.29) is 63.2 Å². The summed E-state index contributed by atoms with van der Waals surface area (Å²) in [6, 6.07) is 14.0. The van der Waals surface area contributed by atoms with Crippen LogP contribution in [0.1, 0.15) is 22.8 Å². The molecule has 0 radical (unpaired) electrons. The van der Waals surface area contributed by atoms with E-state index in [0.717, 1.165) is 21.9 Å². The molecule has 3 aromatic rings. The summed E-state index contributed by atoms with van der Waals surface area (Å²) < 4.78 is 0. The van der Waals surface area contributed by atoms with Crippen LogP contribution < -0.4 is 9.77 Å². The second-order valence-corrected chi connectivity index (χ2v) is 12.2. The number of aromatic hydroxyl groups is 1. The van der Waals surface area contributed by atoms with E-state index >= 15 is 0 Å². The molecule has 2 aromatic carbocycles. The second kappa shape index (κ2) is 7.23. The number of halogens is 1. The first-order valence-corrected chi connectivity index (χ1v) is 13.3. The minimum atomic E-state index is -0.341. The highest BCUT2D eigenvalue weighted by Gasteiger charge is 2.69. The molecule has 0 spiro atoms. The Morgan fingerprint density at radius 1 is 0.941 bits per heavy atom. The molecule has 3 fully saturated rings. The van der Waals surface area contributed by atoms with E-state index in [1.54, 1.807) is 48.2 Å². The number of phenolic OH excluding ortho intramolecular Hbond substituents is 1. The lowest BCUT2D eigenvalue weighted by atomic mass is 9.68. The Balaban J connectivity index is 1.32. The molecule has 1 saturated heterocycles. The first kappa shape index (κ1) is 20.8. The maximum atomic E-state index is 13.7. The number of nitrogens with zero attached hydrogens (tertiary/aromatic N) is 1. The average molecular weight is 511 g/mol. The Bertz CT molecular complexity index is 1400. The standard InChI is InChI=1S/C25H19ClN2O4S2/c26-11-3-5-12(6-4-11)28-23(30)18-14-9-15(19(18)24(28)31)20-17(14)16(10-1-7-13(29)8-2-10)21-22(33-20)27-25(32)34-21/h1-8,14-20,29H,9H2,(H,27,32)/t14-,15+,16-,17+,18+,19+,20-/m0/s1. The summed E-state index contributed by atoms with van der Waals surface area (Å²) in [6.45, 7) is 0. The van der Waals surface area contributed by atoms with E-state index in [0.29, 0.717) is 10.7 Å². The van der Waals surface area contributed by atoms with Gasteiger partial charge in [0.1, 0.15) is 5.75 Å². The van der Waals surface area contributed by atoms with Crippen molar-refractivity contribution < 1.29 is 14.7 Å². The smallest absolute Gasteiger partial charge is 0.305 e. The minimum Gasteiger partial charge on any atom is -0.508 e. The molecule has 1 aromatic heterocycles. The number of benzene rings is 2. The van der Waals surface area contributed by atoms with Crippen molar-refractivity contribution in [2.45, 2.75) is 22.6 Å². The van der Waals surface area contributed by atoms with Gasteiger partial charge in [0.2, 0.25) is 11.8 Å². The zero-order valence-electron chi connectivity index (χ0n) is 17.7. The largest absolute Gasteiger partial charge is 0.508 e. The number of hydrogen-bond donors (Lipinski definition) is 2. The van der Waals surface area contributed by atoms with E-state index in [1.165, 1.54) is 16.2 Å². The maximum Gasteiger partial charge on any atom is 0.305 e. The molecule has 3 heterocycles. The molecule has 6 nitrogen and oxygen atoms in total. The number of thiazole rings is 1. The van der Waals surface area contributed by atoms with Crippen LogP contribution in [-0.2, 0) is 9.59 Å². The number of anilines is 1. The lowest BCUT2D eigenvalue weighted by molar-refractivity contribution is -0.123. The predicted molar refractivity (Wildman–Crippen MR) is 131 cm³/mol. The molecule has 7 atom stereocenters. The van der Waals surface area contributed by atoms with E-state index in [2.05, 4.69) is 4.98 Å². The number of amides is 2. The molecule has 34 heavy (non-hydrogen) atoms. The summed E-state index contributed by atoms with van der Waals surface area (Å²) in [5, 5.41) is 11.4. The van der Waals surface area contributed by atoms with Crippen LogP contribution >= 0.6 is 34.7 Å². The maximum absolute atomic E-state index is 13.7. The van der Waals surface area contributed by atoms with Crippen molar-refractivity contribution in [3.8, 4) is 5.75 Å². The molecule has 172 valence electrons. The van der Waals surface area contributed by atoms with Crippen LogP contribution in [-0.4, -0.2) is 27.2 Å². The second-order valence-electron chi connectivity index (χ2n) is 9.54. The normalized spacial score (nSPS) is 33.2. The Labute approximate surface area is 207 Å². The number of carbonyl (C=O) groups excluding carboxylic acids is 2. The zero-order valence-corrected chi connectivity index (χ0v) is 20.1. The van der Waals surface area contributed by atoms with Gasteiger partial charge in [-0.3, -0.25) is 19.3 Å². The third-order valence-corrected chi connectivity index (χ3v) is 10.9. The highest BCUT2D eigenvalue weighted by Crippen LogP contribution is 2.68. The fourth-order valence-corrected chi connectivity index (χ4v) is 9.93. The van der Waals surface area contributed by atoms with E-state index in [4.69, 9.17) is 11.6 Å². The Morgan fingerprint density at radius 2 is 1.62 bits per heavy atom. The van der Waals surface area contributed by atoms with E-state index in [1.807, 2.05) is 12.1 Å². The van der Waals surface area contributed by atoms with Gasteiger partial charge in [-0.25, -0.2) is 0 Å². The number of thioether (sulfide) groups is 1. The van der Waals surface area contributed by atoms with Crippen molar-refractivity contribution in [2.24, 2.45) is 29.6 Å². The molecule has 2 bridgehead atoms. The fourth-order valence-electron chi connectivity index (χ4n) is 6.92. The van der Waals surface area contributed by atoms with Gasteiger partial charge in [0, 0.05) is 21.1 Å². The average Bonchev–Trinajstić information content (AvgIpc) is 3.54. The highest BCUT2D eigenvalue weighted by atomic mass is 35.5. The van der Waals surface area contributed by atoms with Crippen molar-refractivity contribution in [3.63, 3.8) is 0 Å². The Hall–Kier alpha value is -2.55. The van der Waals surface area contributed by atoms with Gasteiger partial charge in [0.05, 0.1) is 22.5 Å². The molecule has 4 aliphatic rings. The van der Waals surface area contributed by atoms with Gasteiger partial charge in [-0.05, 0) is 66.1 Å². The Morgan fingerprint density at radius 3 is 2.32 bits per heavy atom. The van der Waals surface area contributed by atoms with Crippen LogP contribution in [0.15, 0.2) is 58.4 Å². The number of aromatic amines is 1. The molecule has 7 rings (SSSR count). The molecular weight excluding hydrogens is 492 g/mol. The third kappa shape index (κ3) is 2.73. The van der Waals surface area contributed by atoms with Crippen LogP contribution in [0.25, 0.3) is 0 Å². The van der Waals surface area contributed by atoms with Crippen LogP contribution in [0, 0.1) is 29.6 Å². The molecule has 0 unspecified atom stereocenters. The van der Waals surface area contributed by atoms with Crippen LogP contribution in [0.5, 0.6) is 5.75 Å². The molecule has 2 saturated carbocycles. The number of nitrogens with one attached hydrogen (secondary N) is 1. The van der Waals surface area contributed by atoms with Crippen molar-refractivity contribution in [3.05, 3.63) is 73.7 Å². The Kier molecular flexibility index (Phi) is 4.42. The topological polar surface area (TPSA) is 90.5 Å². The number of phenols is 1. The van der Waals surface area contributed by atoms with Gasteiger partial charge in [-0.1, -0.05) is 35.1 Å². The van der Waals surface area contributed by atoms with Crippen molar-refractivity contribution in [1.82, 2.24) is 4.98 Å². The molecular formula is C25H19ClN2O4S2. The van der Waals surface area contributed by atoms with Gasteiger partial charge >= 0.3 is 4.87 Å². The summed E-state index contributed by atoms with van der Waals surface area (Å²) in [7, 11) is 0. The summed E-state index contributed by atoms with van der Waals surface area (Å²) in [6.07, 6.45) is 0.845. The molecule has 2 N–H and O–H groups in total. The number of imide groups is 1. The zero-order chi connectivity index (χ0) is 23.3. The summed E-state index contributed by atoms with van der Waals surface area (Å²) in [5.41, 5.74) is 1.60. The number of carbonyl (C=O) groups is 2. The van der Waals surface area contributed by atoms with Gasteiger partial charge < -0.3 is 10.1 Å². The predicted octanol–water partition coefficient (Wildman–Crippen LogP) is 4.47. The monoisotopic (exact) mass is 510 g/mol. The summed E-state index contributed by atoms with van der Waals surface area (Å²) in [4.78, 5) is 44.8. The lowest BCUT2D eigenvalue weighted by Crippen LogP contribution is -2.42. The number of aromatic nitrogens is 1. The van der Waals surface area contributed by atoms with Gasteiger partial charge in [0.25, 0.3) is 0 Å². The van der Waals surface area contributed by atoms with Gasteiger partial charge in [-0.2, -0.15) is 0 Å². The molecule has 9 heteroatoms. The SMILES string of the molecule is O=C1[C@@H]2[C@H]3C[C@@H]([C@@H]4Sc5[nH]c(=O)sc5[C@@H](c5ccc(O)cc5)[C@@H]34)[C@H]2C(=O)N1c1ccc(Cl)cc1. The summed E-state index contributed by atoms with van der Waals surface area (Å²) in [5.74, 6) is -0.478. The first-order chi connectivity index (χ1) is 16.4.